The van der Waals surface area contributed by atoms with Gasteiger partial charge in [0.1, 0.15) is 1.41 Å². The molecule has 1 nitrogen and oxygen atoms in total. The predicted octanol–water partition coefficient (Wildman–Crippen LogP) is 1.31. The Bertz CT molecular complexity index is 111. The maximum Gasteiger partial charge on any atom is 0.123 e. The van der Waals surface area contributed by atoms with Crippen molar-refractivity contribution in [3.63, 3.8) is 0 Å². The molecule has 1 unspecified atom stereocenters. The number of rotatable bonds is 1. The highest BCUT2D eigenvalue weighted by atomic mass is 14.9. The molecule has 1 rings (SSSR count). The van der Waals surface area contributed by atoms with E-state index in [9.17, 15) is 0 Å². The standard InChI is InChI=1S/C7H13N/c1-2-4-7-5-3-6-8-7/h2,4,7-8H,3,5-6H2,1H3/b4-2-/i/hD. The highest BCUT2D eigenvalue weighted by molar-refractivity contribution is 4.93. The molecule has 1 heteroatoms. The van der Waals surface area contributed by atoms with Crippen LogP contribution in [0.3, 0.4) is 0 Å². The second kappa shape index (κ2) is 2.88. The average Bonchev–Trinajstić information content (AvgIpc) is 2.18. The largest absolute Gasteiger partial charge is 0.311 e. The van der Waals surface area contributed by atoms with Crippen molar-refractivity contribution in [3.05, 3.63) is 12.2 Å². The van der Waals surface area contributed by atoms with Gasteiger partial charge in [-0.1, -0.05) is 12.2 Å². The smallest absolute Gasteiger partial charge is 0.123 e. The van der Waals surface area contributed by atoms with Gasteiger partial charge in [0.15, 0.2) is 0 Å². The first-order valence-corrected chi connectivity index (χ1v) is 3.23. The molecular weight excluding hydrogens is 98.1 g/mol. The third kappa shape index (κ3) is 1.34. The first kappa shape index (κ1) is 4.57. The SMILES string of the molecule is [2H]N1CCCC1/C=C\C. The lowest BCUT2D eigenvalue weighted by molar-refractivity contribution is 0.727. The number of hydrogen-bond acceptors (Lipinski definition) is 1. The van der Waals surface area contributed by atoms with E-state index in [-0.39, 0.29) is 0 Å². The molecule has 0 aromatic heterocycles. The summed E-state index contributed by atoms with van der Waals surface area (Å²) in [6, 6.07) is 0.398. The fourth-order valence-corrected chi connectivity index (χ4v) is 1.03. The maximum atomic E-state index is 7.37. The van der Waals surface area contributed by atoms with Crippen molar-refractivity contribution in [2.24, 2.45) is 0 Å². The Labute approximate surface area is 52.2 Å². The van der Waals surface area contributed by atoms with E-state index in [1.165, 1.54) is 6.42 Å². The lowest BCUT2D eigenvalue weighted by atomic mass is 10.2. The molecule has 1 atom stereocenters. The van der Waals surface area contributed by atoms with E-state index >= 15 is 0 Å². The summed E-state index contributed by atoms with van der Waals surface area (Å²) >= 11 is 0. The topological polar surface area (TPSA) is 12.0 Å². The molecule has 1 aliphatic heterocycles. The maximum absolute atomic E-state index is 7.37. The van der Waals surface area contributed by atoms with Crippen molar-refractivity contribution in [1.82, 2.24) is 5.31 Å². The van der Waals surface area contributed by atoms with Crippen LogP contribution in [0.2, 0.25) is 1.41 Å². The van der Waals surface area contributed by atoms with Crippen molar-refractivity contribution in [3.8, 4) is 0 Å². The summed E-state index contributed by atoms with van der Waals surface area (Å²) in [6.45, 7) is 2.95. The Hall–Kier alpha value is -0.300. The normalized spacial score (nSPS) is 34.1. The van der Waals surface area contributed by atoms with Crippen LogP contribution in [0.4, 0.5) is 0 Å². The van der Waals surface area contributed by atoms with Gasteiger partial charge in [-0.05, 0) is 26.3 Å². The van der Waals surface area contributed by atoms with Gasteiger partial charge < -0.3 is 5.31 Å². The summed E-state index contributed by atoms with van der Waals surface area (Å²) in [4.78, 5) is 0. The Morgan fingerprint density at radius 3 is 3.25 bits per heavy atom. The molecule has 0 aliphatic carbocycles. The molecule has 1 N–H and O–H groups in total. The monoisotopic (exact) mass is 112 g/mol. The Morgan fingerprint density at radius 2 is 2.75 bits per heavy atom. The molecule has 0 bridgehead atoms. The van der Waals surface area contributed by atoms with Crippen molar-refractivity contribution < 1.29 is 1.41 Å². The molecule has 8 heavy (non-hydrogen) atoms. The van der Waals surface area contributed by atoms with E-state index < -0.39 is 0 Å². The van der Waals surface area contributed by atoms with Crippen LogP contribution in [0.5, 0.6) is 0 Å². The van der Waals surface area contributed by atoms with Crippen LogP contribution in [0.15, 0.2) is 12.2 Å². The van der Waals surface area contributed by atoms with Crippen molar-refractivity contribution >= 4 is 0 Å². The third-order valence-corrected chi connectivity index (χ3v) is 1.44. The van der Waals surface area contributed by atoms with E-state index in [1.807, 2.05) is 13.0 Å². The third-order valence-electron chi connectivity index (χ3n) is 1.44. The van der Waals surface area contributed by atoms with Gasteiger partial charge in [0.2, 0.25) is 0 Å². The fourth-order valence-electron chi connectivity index (χ4n) is 1.03. The Balaban J connectivity index is 2.39. The van der Waals surface area contributed by atoms with Crippen molar-refractivity contribution in [2.45, 2.75) is 25.8 Å². The summed E-state index contributed by atoms with van der Waals surface area (Å²) < 4.78 is 7.37. The summed E-state index contributed by atoms with van der Waals surface area (Å²) in [5.74, 6) is 0. The van der Waals surface area contributed by atoms with Gasteiger partial charge in [-0.3, -0.25) is 0 Å². The predicted molar refractivity (Wildman–Crippen MR) is 35.8 cm³/mol. The van der Waals surface area contributed by atoms with Gasteiger partial charge in [0.25, 0.3) is 0 Å². The van der Waals surface area contributed by atoms with E-state index in [1.54, 1.807) is 5.31 Å². The fraction of sp³-hybridized carbons (Fsp3) is 0.714. The zero-order valence-corrected chi connectivity index (χ0v) is 5.30. The van der Waals surface area contributed by atoms with Gasteiger partial charge in [-0.15, -0.1) is 0 Å². The lowest BCUT2D eigenvalue weighted by Gasteiger charge is -1.99. The second-order valence-electron chi connectivity index (χ2n) is 2.14. The summed E-state index contributed by atoms with van der Waals surface area (Å²) in [5, 5.41) is 1.65. The molecule has 0 aromatic carbocycles. The molecule has 1 saturated heterocycles. The minimum absolute atomic E-state index is 0.398. The van der Waals surface area contributed by atoms with Gasteiger partial charge in [0.05, 0.1) is 0 Å². The van der Waals surface area contributed by atoms with Crippen LogP contribution >= 0.6 is 0 Å². The lowest BCUT2D eigenvalue weighted by Crippen LogP contribution is -2.17. The van der Waals surface area contributed by atoms with Gasteiger partial charge in [-0.2, -0.15) is 0 Å². The molecule has 0 amide bonds. The number of allylic oxidation sites excluding steroid dienone is 1. The van der Waals surface area contributed by atoms with E-state index in [4.69, 9.17) is 1.41 Å². The molecule has 0 aromatic rings. The Morgan fingerprint density at radius 1 is 1.88 bits per heavy atom. The average molecular weight is 112 g/mol. The molecular formula is C7H13N. The van der Waals surface area contributed by atoms with E-state index in [2.05, 4.69) is 6.08 Å². The van der Waals surface area contributed by atoms with Crippen molar-refractivity contribution in [1.29, 1.82) is 0 Å². The molecule has 0 spiro atoms. The summed E-state index contributed by atoms with van der Waals surface area (Å²) in [5.41, 5.74) is 0. The molecule has 1 fully saturated rings. The number of nitrogens with one attached hydrogen (secondary N) is 1. The van der Waals surface area contributed by atoms with Crippen LogP contribution < -0.4 is 5.31 Å². The van der Waals surface area contributed by atoms with Crippen LogP contribution in [0.25, 0.3) is 0 Å². The minimum atomic E-state index is 0.398. The van der Waals surface area contributed by atoms with E-state index in [0.29, 0.717) is 6.04 Å². The van der Waals surface area contributed by atoms with E-state index in [0.717, 1.165) is 13.0 Å². The molecule has 46 valence electrons. The van der Waals surface area contributed by atoms with Gasteiger partial charge in [0, 0.05) is 6.04 Å². The summed E-state index contributed by atoms with van der Waals surface area (Å²) in [7, 11) is 0. The quantitative estimate of drug-likeness (QED) is 0.504. The molecule has 1 heterocycles. The van der Waals surface area contributed by atoms with Crippen LogP contribution in [-0.4, -0.2) is 12.6 Å². The van der Waals surface area contributed by atoms with Crippen LogP contribution in [0.1, 0.15) is 19.8 Å². The highest BCUT2D eigenvalue weighted by Gasteiger charge is 2.08. The van der Waals surface area contributed by atoms with Crippen LogP contribution in [-0.2, 0) is 0 Å². The second-order valence-corrected chi connectivity index (χ2v) is 2.14. The molecule has 0 radical (unpaired) electrons. The number of hydrogen-bond donors (Lipinski definition) is 1. The molecule has 0 saturated carbocycles. The first-order chi connectivity index (χ1) is 4.34. The van der Waals surface area contributed by atoms with Gasteiger partial charge >= 0.3 is 0 Å². The van der Waals surface area contributed by atoms with Crippen LogP contribution in [0, 0.1) is 0 Å². The van der Waals surface area contributed by atoms with Gasteiger partial charge in [-0.25, -0.2) is 0 Å². The van der Waals surface area contributed by atoms with Crippen molar-refractivity contribution in [2.75, 3.05) is 6.54 Å². The first-order valence-electron chi connectivity index (χ1n) is 3.67. The Kier molecular flexibility index (Phi) is 1.64. The molecule has 1 aliphatic rings. The summed E-state index contributed by atoms with van der Waals surface area (Å²) in [6.07, 6.45) is 6.46. The minimum Gasteiger partial charge on any atom is -0.311 e. The zero-order valence-electron chi connectivity index (χ0n) is 6.30. The zero-order chi connectivity index (χ0) is 6.69. The highest BCUT2D eigenvalue weighted by Crippen LogP contribution is 2.04.